The van der Waals surface area contributed by atoms with Gasteiger partial charge < -0.3 is 61.0 Å². The van der Waals surface area contributed by atoms with Gasteiger partial charge in [-0.3, -0.25) is 38.4 Å². The highest BCUT2D eigenvalue weighted by Gasteiger charge is 2.49. The third-order valence-electron chi connectivity index (χ3n) is 17.4. The first-order valence-electron chi connectivity index (χ1n) is 28.8. The summed E-state index contributed by atoms with van der Waals surface area (Å²) in [5.41, 5.74) is 4.59. The number of piperazine rings is 1. The van der Waals surface area contributed by atoms with Crippen molar-refractivity contribution < 1.29 is 47.8 Å². The number of rotatable bonds is 22. The van der Waals surface area contributed by atoms with Gasteiger partial charge in [0.25, 0.3) is 0 Å². The molecule has 78 heavy (non-hydrogen) atoms. The molecule has 5 fully saturated rings. The van der Waals surface area contributed by atoms with Crippen LogP contribution in [0.15, 0.2) is 48.5 Å². The Labute approximate surface area is 458 Å². The van der Waals surface area contributed by atoms with Gasteiger partial charge in [-0.25, -0.2) is 0 Å². The maximum Gasteiger partial charge on any atom is 0.246 e. The normalized spacial score (nSPS) is 25.4. The molecular weight excluding hydrogens is 997 g/mol. The van der Waals surface area contributed by atoms with Gasteiger partial charge in [-0.2, -0.15) is 0 Å². The van der Waals surface area contributed by atoms with E-state index in [0.717, 1.165) is 75.3 Å². The van der Waals surface area contributed by atoms with Crippen LogP contribution in [0, 0.1) is 11.8 Å². The summed E-state index contributed by atoms with van der Waals surface area (Å²) in [4.78, 5) is 117. The summed E-state index contributed by atoms with van der Waals surface area (Å²) in [5.74, 6) is -1.95. The Morgan fingerprint density at radius 2 is 0.936 bits per heavy atom. The highest BCUT2D eigenvalue weighted by Crippen LogP contribution is 2.38. The number of benzene rings is 2. The SMILES string of the molecule is CN[C@@H](C)C(=O)NC(C(=O)N1C[C@@H](OCCC(=O)N2CCN(C(=O)CCO[C@H]3C[C@@H](C(=O)N[C@@H]4CCCc5ccccc54)N(C(=O)C(NC(=O)[C@H](C)NC)C4CC4)C3)CC2)C[C@H]1C(=O)N[C@@H]1CCCc2ccccc21)C1CC1. The predicted octanol–water partition coefficient (Wildman–Crippen LogP) is 1.80. The van der Waals surface area contributed by atoms with Crippen LogP contribution in [0.25, 0.3) is 0 Å². The van der Waals surface area contributed by atoms with E-state index in [0.29, 0.717) is 26.2 Å². The molecule has 2 saturated carbocycles. The number of hydrogen-bond donors (Lipinski definition) is 6. The van der Waals surface area contributed by atoms with Crippen molar-refractivity contribution >= 4 is 47.3 Å². The van der Waals surface area contributed by atoms with Crippen LogP contribution in [0.1, 0.15) is 125 Å². The number of nitrogens with one attached hydrogen (secondary N) is 6. The molecule has 9 rings (SSSR count). The molecule has 4 aliphatic carbocycles. The van der Waals surface area contributed by atoms with Crippen molar-refractivity contribution in [1.82, 2.24) is 51.5 Å². The first kappa shape index (κ1) is 56.7. The van der Waals surface area contributed by atoms with Crippen molar-refractivity contribution in [3.8, 4) is 0 Å². The fourth-order valence-corrected chi connectivity index (χ4v) is 12.1. The van der Waals surface area contributed by atoms with Crippen LogP contribution in [0.2, 0.25) is 0 Å². The Morgan fingerprint density at radius 1 is 0.551 bits per heavy atom. The van der Waals surface area contributed by atoms with E-state index in [1.807, 2.05) is 36.4 Å². The number of likely N-dealkylation sites (tertiary alicyclic amines) is 2. The summed E-state index contributed by atoms with van der Waals surface area (Å²) in [7, 11) is 3.37. The van der Waals surface area contributed by atoms with Crippen LogP contribution in [0.5, 0.6) is 0 Å². The number of hydrogen-bond acceptors (Lipinski definition) is 12. The minimum atomic E-state index is -0.813. The van der Waals surface area contributed by atoms with Crippen LogP contribution in [0.3, 0.4) is 0 Å². The molecule has 2 aromatic carbocycles. The number of likely N-dealkylation sites (N-methyl/N-ethyl adjacent to an activating group) is 2. The zero-order valence-corrected chi connectivity index (χ0v) is 46.0. The molecule has 0 bridgehead atoms. The molecule has 3 heterocycles. The summed E-state index contributed by atoms with van der Waals surface area (Å²) in [5, 5.41) is 18.3. The highest BCUT2D eigenvalue weighted by molar-refractivity contribution is 5.95. The van der Waals surface area contributed by atoms with E-state index in [2.05, 4.69) is 44.0 Å². The van der Waals surface area contributed by atoms with E-state index in [9.17, 15) is 38.4 Å². The van der Waals surface area contributed by atoms with E-state index in [1.165, 1.54) is 11.1 Å². The largest absolute Gasteiger partial charge is 0.376 e. The molecule has 10 atom stereocenters. The van der Waals surface area contributed by atoms with Gasteiger partial charge in [-0.05, 0) is 126 Å². The van der Waals surface area contributed by atoms with Crippen LogP contribution in [-0.4, -0.2) is 182 Å². The van der Waals surface area contributed by atoms with Gasteiger partial charge in [0.2, 0.25) is 47.3 Å². The van der Waals surface area contributed by atoms with Gasteiger partial charge in [-0.1, -0.05) is 48.5 Å². The summed E-state index contributed by atoms with van der Waals surface area (Å²) in [6.45, 7) is 5.32. The molecule has 424 valence electrons. The molecule has 20 nitrogen and oxygen atoms in total. The van der Waals surface area contributed by atoms with E-state index in [-0.39, 0.29) is 123 Å². The molecule has 3 saturated heterocycles. The number of amides is 8. The second-order valence-corrected chi connectivity index (χ2v) is 22.7. The lowest BCUT2D eigenvalue weighted by Crippen LogP contribution is -2.56. The van der Waals surface area contributed by atoms with Crippen LogP contribution >= 0.6 is 0 Å². The lowest BCUT2D eigenvalue weighted by molar-refractivity contribution is -0.142. The highest BCUT2D eigenvalue weighted by atomic mass is 16.5. The summed E-state index contributed by atoms with van der Waals surface area (Å²) in [6.07, 6.45) is 8.22. The van der Waals surface area contributed by atoms with Crippen molar-refractivity contribution in [1.29, 1.82) is 0 Å². The summed E-state index contributed by atoms with van der Waals surface area (Å²) >= 11 is 0. The van der Waals surface area contributed by atoms with Gasteiger partial charge in [0, 0.05) is 52.1 Å². The van der Waals surface area contributed by atoms with E-state index >= 15 is 0 Å². The minimum Gasteiger partial charge on any atom is -0.376 e. The Kier molecular flexibility index (Phi) is 18.8. The maximum absolute atomic E-state index is 14.4. The smallest absolute Gasteiger partial charge is 0.246 e. The minimum absolute atomic E-state index is 0.0108. The summed E-state index contributed by atoms with van der Waals surface area (Å²) in [6, 6.07) is 11.7. The fourth-order valence-electron chi connectivity index (χ4n) is 12.1. The van der Waals surface area contributed by atoms with E-state index in [4.69, 9.17) is 9.47 Å². The first-order valence-corrected chi connectivity index (χ1v) is 28.8. The molecule has 8 amide bonds. The Hall–Kier alpha value is -5.96. The molecule has 2 unspecified atom stereocenters. The molecule has 20 heteroatoms. The lowest BCUT2D eigenvalue weighted by Gasteiger charge is -2.35. The van der Waals surface area contributed by atoms with Crippen molar-refractivity contribution in [3.63, 3.8) is 0 Å². The molecule has 3 aliphatic heterocycles. The average Bonchev–Trinajstić information content (AvgIpc) is 4.42. The molecule has 2 aromatic rings. The van der Waals surface area contributed by atoms with Crippen LogP contribution in [-0.2, 0) is 60.7 Å². The predicted molar refractivity (Wildman–Crippen MR) is 289 cm³/mol. The van der Waals surface area contributed by atoms with E-state index in [1.54, 1.807) is 47.5 Å². The van der Waals surface area contributed by atoms with Gasteiger partial charge in [0.15, 0.2) is 0 Å². The van der Waals surface area contributed by atoms with Crippen LogP contribution < -0.4 is 31.9 Å². The molecule has 0 radical (unpaired) electrons. The number of fused-ring (bicyclic) bond motifs is 2. The van der Waals surface area contributed by atoms with Crippen molar-refractivity contribution in [2.45, 2.75) is 164 Å². The number of nitrogens with zero attached hydrogens (tertiary/aromatic N) is 4. The monoisotopic (exact) mass is 1080 g/mol. The van der Waals surface area contributed by atoms with Crippen LogP contribution in [0.4, 0.5) is 0 Å². The zero-order chi connectivity index (χ0) is 55.0. The average molecular weight is 1080 g/mol. The van der Waals surface area contributed by atoms with Gasteiger partial charge in [-0.15, -0.1) is 0 Å². The van der Waals surface area contributed by atoms with Crippen molar-refractivity contribution in [2.24, 2.45) is 11.8 Å². The quantitative estimate of drug-likeness (QED) is 0.0991. The van der Waals surface area contributed by atoms with Gasteiger partial charge in [0.1, 0.15) is 24.2 Å². The first-order chi connectivity index (χ1) is 37.7. The van der Waals surface area contributed by atoms with Crippen molar-refractivity contribution in [3.05, 3.63) is 70.8 Å². The molecule has 7 aliphatic rings. The Balaban J connectivity index is 0.751. The van der Waals surface area contributed by atoms with E-state index < -0.39 is 48.5 Å². The second kappa shape index (κ2) is 25.9. The third-order valence-corrected chi connectivity index (χ3v) is 17.4. The Morgan fingerprint density at radius 3 is 1.31 bits per heavy atom. The topological polar surface area (TPSA) is 240 Å². The summed E-state index contributed by atoms with van der Waals surface area (Å²) < 4.78 is 12.6. The second-order valence-electron chi connectivity index (χ2n) is 22.7. The fraction of sp³-hybridized carbons (Fsp3) is 0.655. The van der Waals surface area contributed by atoms with Gasteiger partial charge in [0.05, 0.1) is 62.4 Å². The maximum atomic E-state index is 14.4. The number of carbonyl (C=O) groups is 8. The standard InChI is InChI=1S/C58H82N10O10/c1-35(59-3)53(71)63-51(39-19-20-39)57(75)67-33-41(31-47(67)55(73)61-45-17-9-13-37-11-5-7-15-43(37)45)77-29-23-49(69)65-25-27-66(28-26-65)50(70)24-30-78-42-32-48(56(74)62-46-18-10-14-38-12-6-8-16-44(38)46)68(34-42)58(76)52(40-21-22-40)64-54(72)36(2)60-4/h5-8,11-12,15-16,35-36,39-42,45-48,51-52,59-60H,9-10,13-14,17-34H2,1-4H3,(H,61,73)(H,62,74)(H,63,71)(H,64,72)/t35-,36-,41-,42-,45+,46+,47-,48-,51?,52?/m0/s1. The third kappa shape index (κ3) is 13.7. The number of ether oxygens (including phenoxy) is 2. The lowest BCUT2D eigenvalue weighted by atomic mass is 9.87. The Bertz CT molecular complexity index is 2340. The molecule has 0 aromatic heterocycles. The molecule has 0 spiro atoms. The van der Waals surface area contributed by atoms with Crippen molar-refractivity contribution in [2.75, 3.05) is 66.6 Å². The molecule has 6 N–H and O–H groups in total. The number of carbonyl (C=O) groups excluding carboxylic acids is 8. The van der Waals surface area contributed by atoms with Gasteiger partial charge >= 0.3 is 0 Å². The molecular formula is C58H82N10O10. The number of aryl methyl sites for hydroxylation is 2. The zero-order valence-electron chi connectivity index (χ0n) is 46.0.